The summed E-state index contributed by atoms with van der Waals surface area (Å²) in [5, 5.41) is 4.25. The molecule has 10 heteroatoms. The van der Waals surface area contributed by atoms with E-state index in [1.165, 1.54) is 12.3 Å². The fraction of sp³-hybridized carbons (Fsp3) is 0.182. The third-order valence-corrected chi connectivity index (χ3v) is 6.88. The van der Waals surface area contributed by atoms with E-state index in [0.717, 1.165) is 37.7 Å². The lowest BCUT2D eigenvalue weighted by Gasteiger charge is -2.22. The smallest absolute Gasteiger partial charge is 0.260 e. The van der Waals surface area contributed by atoms with Crippen LogP contribution in [0, 0.1) is 13.8 Å². The van der Waals surface area contributed by atoms with Gasteiger partial charge in [0.2, 0.25) is 10.0 Å². The van der Waals surface area contributed by atoms with Crippen molar-refractivity contribution in [1.29, 1.82) is 0 Å². The van der Waals surface area contributed by atoms with Crippen LogP contribution in [0.1, 0.15) is 17.0 Å². The summed E-state index contributed by atoms with van der Waals surface area (Å²) >= 11 is 9.69. The highest BCUT2D eigenvalue weighted by molar-refractivity contribution is 9.10. The minimum absolute atomic E-state index is 0.229. The highest BCUT2D eigenvalue weighted by Crippen LogP contribution is 2.27. The van der Waals surface area contributed by atoms with E-state index in [2.05, 4.69) is 31.0 Å². The van der Waals surface area contributed by atoms with Crippen LogP contribution >= 0.6 is 27.5 Å². The number of carbonyl (C=O) groups excluding carboxylic acids is 1. The molecule has 0 atom stereocenters. The molecule has 0 bridgehead atoms. The maximum Gasteiger partial charge on any atom is 0.260 e. The van der Waals surface area contributed by atoms with Crippen LogP contribution in [0.2, 0.25) is 5.02 Å². The molecule has 0 aliphatic carbocycles. The number of nitrogens with one attached hydrogen (secondary N) is 1. The first-order valence-electron chi connectivity index (χ1n) is 9.57. The van der Waals surface area contributed by atoms with Crippen molar-refractivity contribution >= 4 is 55.4 Å². The first-order chi connectivity index (χ1) is 15.1. The summed E-state index contributed by atoms with van der Waals surface area (Å²) in [6.07, 6.45) is 2.55. The molecule has 0 fully saturated rings. The van der Waals surface area contributed by atoms with Crippen LogP contribution in [0.5, 0.6) is 0 Å². The zero-order chi connectivity index (χ0) is 23.5. The van der Waals surface area contributed by atoms with E-state index in [-0.39, 0.29) is 10.7 Å². The van der Waals surface area contributed by atoms with Crippen LogP contribution in [0.3, 0.4) is 0 Å². The predicted molar refractivity (Wildman–Crippen MR) is 132 cm³/mol. The maximum atomic E-state index is 12.4. The number of aromatic nitrogens is 1. The molecule has 3 aromatic rings. The number of amides is 1. The first-order valence-corrected chi connectivity index (χ1v) is 12.6. The number of hydrogen-bond acceptors (Lipinski definition) is 4. The van der Waals surface area contributed by atoms with E-state index in [1.807, 2.05) is 44.2 Å². The zero-order valence-electron chi connectivity index (χ0n) is 17.7. The monoisotopic (exact) mass is 536 g/mol. The normalized spacial score (nSPS) is 11.7. The number of hydrogen-bond donors (Lipinski definition) is 1. The van der Waals surface area contributed by atoms with E-state index >= 15 is 0 Å². The summed E-state index contributed by atoms with van der Waals surface area (Å²) in [7, 11) is -3.73. The Balaban J connectivity index is 1.76. The summed E-state index contributed by atoms with van der Waals surface area (Å²) in [4.78, 5) is 12.4. The summed E-state index contributed by atoms with van der Waals surface area (Å²) in [5.41, 5.74) is 6.39. The number of benzene rings is 2. The third-order valence-electron chi connectivity index (χ3n) is 4.77. The van der Waals surface area contributed by atoms with Crippen LogP contribution in [0.15, 0.2) is 64.2 Å². The van der Waals surface area contributed by atoms with Crippen molar-refractivity contribution in [3.05, 3.63) is 81.0 Å². The SMILES string of the molecule is Cc1cc(/C=N\NC(=O)CN(c2ccccc2Cl)S(C)(=O)=O)c(C)n1-c1ccccc1Br. The fourth-order valence-corrected chi connectivity index (χ4v) is 4.91. The summed E-state index contributed by atoms with van der Waals surface area (Å²) < 4.78 is 28.4. The minimum atomic E-state index is -3.73. The van der Waals surface area contributed by atoms with E-state index in [1.54, 1.807) is 18.2 Å². The van der Waals surface area contributed by atoms with Crippen LogP contribution in [0.25, 0.3) is 5.69 Å². The van der Waals surface area contributed by atoms with Crippen molar-refractivity contribution in [3.8, 4) is 5.69 Å². The van der Waals surface area contributed by atoms with Crippen LogP contribution < -0.4 is 9.73 Å². The number of rotatable bonds is 7. The van der Waals surface area contributed by atoms with Crippen LogP contribution in [0.4, 0.5) is 5.69 Å². The molecule has 32 heavy (non-hydrogen) atoms. The molecule has 2 aromatic carbocycles. The Kier molecular flexibility index (Phi) is 7.43. The molecular formula is C22H22BrClN4O3S. The van der Waals surface area contributed by atoms with Crippen LogP contribution in [-0.2, 0) is 14.8 Å². The average Bonchev–Trinajstić information content (AvgIpc) is 3.00. The van der Waals surface area contributed by atoms with Gasteiger partial charge in [0.1, 0.15) is 6.54 Å². The quantitative estimate of drug-likeness (QED) is 0.358. The molecule has 1 aromatic heterocycles. The van der Waals surface area contributed by atoms with Gasteiger partial charge in [0, 0.05) is 21.4 Å². The van der Waals surface area contributed by atoms with E-state index in [0.29, 0.717) is 0 Å². The van der Waals surface area contributed by atoms with E-state index in [9.17, 15) is 13.2 Å². The summed E-state index contributed by atoms with van der Waals surface area (Å²) in [6.45, 7) is 3.49. The highest BCUT2D eigenvalue weighted by atomic mass is 79.9. The number of sulfonamides is 1. The summed E-state index contributed by atoms with van der Waals surface area (Å²) in [5.74, 6) is -0.591. The van der Waals surface area contributed by atoms with E-state index < -0.39 is 22.5 Å². The fourth-order valence-electron chi connectivity index (χ4n) is 3.30. The van der Waals surface area contributed by atoms with Gasteiger partial charge in [-0.2, -0.15) is 5.10 Å². The topological polar surface area (TPSA) is 83.8 Å². The van der Waals surface area contributed by atoms with E-state index in [4.69, 9.17) is 11.6 Å². The van der Waals surface area contributed by atoms with Crippen LogP contribution in [-0.4, -0.2) is 37.9 Å². The Morgan fingerprint density at radius 2 is 1.84 bits per heavy atom. The van der Waals surface area contributed by atoms with Crippen molar-refractivity contribution in [2.24, 2.45) is 5.10 Å². The molecule has 0 saturated carbocycles. The second-order valence-corrected chi connectivity index (χ2v) is 10.3. The number of anilines is 1. The van der Waals surface area contributed by atoms with Crippen molar-refractivity contribution in [1.82, 2.24) is 9.99 Å². The van der Waals surface area contributed by atoms with Crippen molar-refractivity contribution in [2.45, 2.75) is 13.8 Å². The van der Waals surface area contributed by atoms with Gasteiger partial charge in [-0.25, -0.2) is 13.8 Å². The van der Waals surface area contributed by atoms with Gasteiger partial charge in [0.15, 0.2) is 0 Å². The Morgan fingerprint density at radius 1 is 1.19 bits per heavy atom. The van der Waals surface area contributed by atoms with Gasteiger partial charge in [0.25, 0.3) is 5.91 Å². The molecular weight excluding hydrogens is 516 g/mol. The molecule has 1 N–H and O–H groups in total. The molecule has 3 rings (SSSR count). The Labute approximate surface area is 200 Å². The zero-order valence-corrected chi connectivity index (χ0v) is 20.9. The molecule has 1 amide bonds. The molecule has 0 aliphatic heterocycles. The van der Waals surface area contributed by atoms with Gasteiger partial charge in [-0.1, -0.05) is 35.9 Å². The maximum absolute atomic E-state index is 12.4. The Bertz CT molecular complexity index is 1290. The largest absolute Gasteiger partial charge is 0.317 e. The molecule has 0 radical (unpaired) electrons. The number of halogens is 2. The standard InChI is InChI=1S/C22H22BrClN4O3S/c1-15-12-17(16(2)28(15)20-10-6-4-8-18(20)23)13-25-26-22(29)14-27(32(3,30)31)21-11-7-5-9-19(21)24/h4-13H,14H2,1-3H3,(H,26,29)/b25-13-. The van der Waals surface area contributed by atoms with Crippen molar-refractivity contribution in [2.75, 3.05) is 17.1 Å². The molecule has 1 heterocycles. The minimum Gasteiger partial charge on any atom is -0.317 e. The van der Waals surface area contributed by atoms with Gasteiger partial charge in [-0.05, 0) is 60.1 Å². The van der Waals surface area contributed by atoms with Crippen molar-refractivity contribution in [3.63, 3.8) is 0 Å². The number of carbonyl (C=O) groups is 1. The average molecular weight is 538 g/mol. The predicted octanol–water partition coefficient (Wildman–Crippen LogP) is 4.43. The molecule has 0 spiro atoms. The number of nitrogens with zero attached hydrogens (tertiary/aromatic N) is 3. The van der Waals surface area contributed by atoms with Gasteiger partial charge in [0.05, 0.1) is 28.9 Å². The highest BCUT2D eigenvalue weighted by Gasteiger charge is 2.22. The van der Waals surface area contributed by atoms with Crippen molar-refractivity contribution < 1.29 is 13.2 Å². The van der Waals surface area contributed by atoms with Gasteiger partial charge in [-0.15, -0.1) is 0 Å². The number of aryl methyl sites for hydroxylation is 1. The number of hydrazone groups is 1. The van der Waals surface area contributed by atoms with Gasteiger partial charge >= 0.3 is 0 Å². The molecule has 0 unspecified atom stereocenters. The third kappa shape index (κ3) is 5.40. The first kappa shape index (κ1) is 24.0. The lowest BCUT2D eigenvalue weighted by Crippen LogP contribution is -2.39. The Hall–Kier alpha value is -2.62. The second kappa shape index (κ2) is 9.89. The molecule has 0 aliphatic rings. The molecule has 168 valence electrons. The number of para-hydroxylation sites is 2. The van der Waals surface area contributed by atoms with Gasteiger partial charge in [-0.3, -0.25) is 9.10 Å². The Morgan fingerprint density at radius 3 is 2.50 bits per heavy atom. The molecule has 0 saturated heterocycles. The second-order valence-electron chi connectivity index (χ2n) is 7.13. The van der Waals surface area contributed by atoms with Gasteiger partial charge < -0.3 is 4.57 Å². The molecule has 7 nitrogen and oxygen atoms in total. The lowest BCUT2D eigenvalue weighted by atomic mass is 10.2. The lowest BCUT2D eigenvalue weighted by molar-refractivity contribution is -0.119. The summed E-state index contributed by atoms with van der Waals surface area (Å²) in [6, 6.07) is 16.3.